The fourth-order valence-corrected chi connectivity index (χ4v) is 2.75. The summed E-state index contributed by atoms with van der Waals surface area (Å²) in [6, 6.07) is 4.19. The molecular weight excluding hydrogens is 260 g/mol. The number of rotatable bonds is 5. The summed E-state index contributed by atoms with van der Waals surface area (Å²) in [7, 11) is 0. The molecule has 0 spiro atoms. The van der Waals surface area contributed by atoms with E-state index in [-0.39, 0.29) is 0 Å². The summed E-state index contributed by atoms with van der Waals surface area (Å²) < 4.78 is 1.99. The predicted molar refractivity (Wildman–Crippen MR) is 84.3 cm³/mol. The summed E-state index contributed by atoms with van der Waals surface area (Å²) in [4.78, 5) is 8.74. The molecule has 1 N–H and O–H groups in total. The van der Waals surface area contributed by atoms with Gasteiger partial charge >= 0.3 is 0 Å². The largest absolute Gasteiger partial charge is 0.312 e. The highest BCUT2D eigenvalue weighted by atomic mass is 15.1. The molecule has 0 saturated heterocycles. The van der Waals surface area contributed by atoms with Gasteiger partial charge in [0.15, 0.2) is 0 Å². The van der Waals surface area contributed by atoms with Crippen molar-refractivity contribution >= 4 is 0 Å². The van der Waals surface area contributed by atoms with E-state index in [2.05, 4.69) is 39.6 Å². The van der Waals surface area contributed by atoms with Gasteiger partial charge < -0.3 is 5.32 Å². The van der Waals surface area contributed by atoms with E-state index in [0.29, 0.717) is 0 Å². The van der Waals surface area contributed by atoms with Crippen LogP contribution >= 0.6 is 0 Å². The molecule has 2 aromatic heterocycles. The van der Waals surface area contributed by atoms with E-state index in [1.165, 1.54) is 24.8 Å². The van der Waals surface area contributed by atoms with Crippen molar-refractivity contribution in [2.75, 3.05) is 6.54 Å². The Morgan fingerprint density at radius 1 is 1.29 bits per heavy atom. The Morgan fingerprint density at radius 2 is 2.24 bits per heavy atom. The Labute approximate surface area is 125 Å². The number of nitrogens with one attached hydrogen (secondary N) is 1. The van der Waals surface area contributed by atoms with Crippen LogP contribution in [0.5, 0.6) is 0 Å². The SMILES string of the molecule is Cc1nccn1-c1ccc(CNCC2CC=CCC2)cn1. The number of hydrogen-bond donors (Lipinski definition) is 1. The minimum atomic E-state index is 0.788. The van der Waals surface area contributed by atoms with Crippen molar-refractivity contribution in [3.63, 3.8) is 0 Å². The summed E-state index contributed by atoms with van der Waals surface area (Å²) >= 11 is 0. The lowest BCUT2D eigenvalue weighted by molar-refractivity contribution is 0.440. The van der Waals surface area contributed by atoms with Gasteiger partial charge in [0.1, 0.15) is 11.6 Å². The second kappa shape index (κ2) is 6.68. The molecule has 3 rings (SSSR count). The molecule has 0 radical (unpaired) electrons. The fourth-order valence-electron chi connectivity index (χ4n) is 2.75. The standard InChI is InChI=1S/C17H22N4/c1-14-19-9-10-21(14)17-8-7-16(13-20-17)12-18-11-15-5-3-2-4-6-15/h2-3,7-10,13,15,18H,4-6,11-12H2,1H3. The fraction of sp³-hybridized carbons (Fsp3) is 0.412. The molecule has 0 fully saturated rings. The molecule has 4 nitrogen and oxygen atoms in total. The van der Waals surface area contributed by atoms with Gasteiger partial charge in [-0.1, -0.05) is 18.2 Å². The zero-order valence-electron chi connectivity index (χ0n) is 12.5. The molecule has 0 saturated carbocycles. The van der Waals surface area contributed by atoms with Gasteiger partial charge in [-0.25, -0.2) is 9.97 Å². The molecule has 1 unspecified atom stereocenters. The van der Waals surface area contributed by atoms with E-state index in [1.54, 1.807) is 6.20 Å². The molecule has 2 aromatic rings. The minimum Gasteiger partial charge on any atom is -0.312 e. The highest BCUT2D eigenvalue weighted by Crippen LogP contribution is 2.17. The first-order valence-electron chi connectivity index (χ1n) is 7.64. The van der Waals surface area contributed by atoms with E-state index in [0.717, 1.165) is 30.6 Å². The zero-order chi connectivity index (χ0) is 14.5. The van der Waals surface area contributed by atoms with Gasteiger partial charge in [-0.2, -0.15) is 0 Å². The summed E-state index contributed by atoms with van der Waals surface area (Å²) in [6.45, 7) is 3.96. The van der Waals surface area contributed by atoms with Crippen molar-refractivity contribution in [1.82, 2.24) is 19.9 Å². The molecule has 0 amide bonds. The lowest BCUT2D eigenvalue weighted by Gasteiger charge is -2.18. The van der Waals surface area contributed by atoms with Crippen LogP contribution in [0.2, 0.25) is 0 Å². The van der Waals surface area contributed by atoms with Crippen LogP contribution in [0, 0.1) is 12.8 Å². The first-order chi connectivity index (χ1) is 10.3. The van der Waals surface area contributed by atoms with Crippen molar-refractivity contribution in [2.45, 2.75) is 32.7 Å². The number of aryl methyl sites for hydroxylation is 1. The van der Waals surface area contributed by atoms with Gasteiger partial charge in [-0.15, -0.1) is 0 Å². The van der Waals surface area contributed by atoms with Crippen molar-refractivity contribution in [3.05, 3.63) is 54.3 Å². The van der Waals surface area contributed by atoms with Crippen molar-refractivity contribution in [3.8, 4) is 5.82 Å². The highest BCUT2D eigenvalue weighted by molar-refractivity contribution is 5.27. The Bertz CT molecular complexity index is 598. The third kappa shape index (κ3) is 3.58. The number of nitrogens with zero attached hydrogens (tertiary/aromatic N) is 3. The molecule has 1 aliphatic rings. The number of aromatic nitrogens is 3. The van der Waals surface area contributed by atoms with E-state index in [1.807, 2.05) is 23.9 Å². The summed E-state index contributed by atoms with van der Waals surface area (Å²) in [5.41, 5.74) is 1.22. The Morgan fingerprint density at radius 3 is 2.90 bits per heavy atom. The van der Waals surface area contributed by atoms with E-state index in [9.17, 15) is 0 Å². The third-order valence-electron chi connectivity index (χ3n) is 4.02. The van der Waals surface area contributed by atoms with Gasteiger partial charge in [0.05, 0.1) is 0 Å². The van der Waals surface area contributed by atoms with E-state index in [4.69, 9.17) is 0 Å². The van der Waals surface area contributed by atoms with Gasteiger partial charge in [0.25, 0.3) is 0 Å². The second-order valence-corrected chi connectivity index (χ2v) is 5.65. The van der Waals surface area contributed by atoms with Crippen LogP contribution in [-0.2, 0) is 6.54 Å². The maximum Gasteiger partial charge on any atom is 0.137 e. The summed E-state index contributed by atoms with van der Waals surface area (Å²) in [6.07, 6.45) is 14.0. The third-order valence-corrected chi connectivity index (χ3v) is 4.02. The lowest BCUT2D eigenvalue weighted by Crippen LogP contribution is -2.23. The first kappa shape index (κ1) is 14.0. The molecule has 1 aliphatic carbocycles. The van der Waals surface area contributed by atoms with E-state index < -0.39 is 0 Å². The molecule has 1 atom stereocenters. The average molecular weight is 282 g/mol. The molecule has 0 aromatic carbocycles. The number of pyridine rings is 1. The van der Waals surface area contributed by atoms with Gasteiger partial charge in [-0.05, 0) is 50.3 Å². The Kier molecular flexibility index (Phi) is 4.46. The predicted octanol–water partition coefficient (Wildman–Crippen LogP) is 3.02. The summed E-state index contributed by atoms with van der Waals surface area (Å²) in [5.74, 6) is 2.67. The van der Waals surface area contributed by atoms with Gasteiger partial charge in [0.2, 0.25) is 0 Å². The number of hydrogen-bond acceptors (Lipinski definition) is 3. The van der Waals surface area contributed by atoms with Crippen LogP contribution in [0.3, 0.4) is 0 Å². The first-order valence-corrected chi connectivity index (χ1v) is 7.64. The lowest BCUT2D eigenvalue weighted by atomic mass is 9.94. The molecule has 2 heterocycles. The Balaban J connectivity index is 1.53. The minimum absolute atomic E-state index is 0.788. The average Bonchev–Trinajstić information content (AvgIpc) is 2.95. The van der Waals surface area contributed by atoms with Gasteiger partial charge in [-0.3, -0.25) is 4.57 Å². The zero-order valence-corrected chi connectivity index (χ0v) is 12.5. The highest BCUT2D eigenvalue weighted by Gasteiger charge is 2.09. The monoisotopic (exact) mass is 282 g/mol. The Hall–Kier alpha value is -1.94. The van der Waals surface area contributed by atoms with Crippen LogP contribution < -0.4 is 5.32 Å². The van der Waals surface area contributed by atoms with Crippen LogP contribution in [0.1, 0.15) is 30.7 Å². The smallest absolute Gasteiger partial charge is 0.137 e. The molecule has 21 heavy (non-hydrogen) atoms. The molecular formula is C17H22N4. The normalized spacial score (nSPS) is 18.0. The molecule has 0 aliphatic heterocycles. The molecule has 4 heteroatoms. The molecule has 110 valence electrons. The maximum absolute atomic E-state index is 4.52. The van der Waals surface area contributed by atoms with Crippen LogP contribution in [0.25, 0.3) is 5.82 Å². The van der Waals surface area contributed by atoms with Crippen LogP contribution in [-0.4, -0.2) is 21.1 Å². The van der Waals surface area contributed by atoms with Crippen molar-refractivity contribution < 1.29 is 0 Å². The van der Waals surface area contributed by atoms with Crippen LogP contribution in [0.15, 0.2) is 42.9 Å². The van der Waals surface area contributed by atoms with E-state index >= 15 is 0 Å². The second-order valence-electron chi connectivity index (χ2n) is 5.65. The van der Waals surface area contributed by atoms with Gasteiger partial charge in [0, 0.05) is 25.1 Å². The number of imidazole rings is 1. The maximum atomic E-state index is 4.52. The topological polar surface area (TPSA) is 42.7 Å². The number of allylic oxidation sites excluding steroid dienone is 2. The quantitative estimate of drug-likeness (QED) is 0.857. The van der Waals surface area contributed by atoms with Crippen molar-refractivity contribution in [2.24, 2.45) is 5.92 Å². The van der Waals surface area contributed by atoms with Crippen molar-refractivity contribution in [1.29, 1.82) is 0 Å². The molecule has 0 bridgehead atoms. The summed E-state index contributed by atoms with van der Waals surface area (Å²) in [5, 5.41) is 3.54. The van der Waals surface area contributed by atoms with Crippen LogP contribution in [0.4, 0.5) is 0 Å².